The summed E-state index contributed by atoms with van der Waals surface area (Å²) < 4.78 is 10.1. The molecule has 0 fully saturated rings. The molecule has 0 heterocycles. The third kappa shape index (κ3) is 3.00. The van der Waals surface area contributed by atoms with Crippen molar-refractivity contribution < 1.29 is 24.2 Å². The Balaban J connectivity index is 3.38. The molecule has 1 rings (SSSR count). The third-order valence-corrected chi connectivity index (χ3v) is 2.21. The van der Waals surface area contributed by atoms with Crippen LogP contribution in [0.3, 0.4) is 0 Å². The molecule has 0 aromatic heterocycles. The van der Waals surface area contributed by atoms with Crippen molar-refractivity contribution in [1.29, 1.82) is 0 Å². The fraction of sp³-hybridized carbons (Fsp3) is 0.167. The van der Waals surface area contributed by atoms with Crippen molar-refractivity contribution in [3.63, 3.8) is 0 Å². The Kier molecular flexibility index (Phi) is 4.31. The summed E-state index contributed by atoms with van der Waals surface area (Å²) in [4.78, 5) is 21.6. The Morgan fingerprint density at radius 2 is 1.72 bits per heavy atom. The third-order valence-electron chi connectivity index (χ3n) is 2.21. The number of rotatable bonds is 5. The molecule has 96 valence electrons. The monoisotopic (exact) mass is 251 g/mol. The van der Waals surface area contributed by atoms with Gasteiger partial charge in [-0.25, -0.2) is 4.79 Å². The van der Waals surface area contributed by atoms with Crippen molar-refractivity contribution in [3.8, 4) is 11.5 Å². The molecule has 1 aromatic carbocycles. The molecule has 0 spiro atoms. The highest BCUT2D eigenvalue weighted by Gasteiger charge is 2.13. The van der Waals surface area contributed by atoms with Crippen molar-refractivity contribution in [2.45, 2.75) is 0 Å². The summed E-state index contributed by atoms with van der Waals surface area (Å²) >= 11 is 0. The first kappa shape index (κ1) is 13.6. The second-order valence-corrected chi connectivity index (χ2v) is 3.34. The summed E-state index contributed by atoms with van der Waals surface area (Å²) in [7, 11) is 2.78. The van der Waals surface area contributed by atoms with Crippen molar-refractivity contribution in [1.82, 2.24) is 0 Å². The lowest BCUT2D eigenvalue weighted by atomic mass is 10.1. The van der Waals surface area contributed by atoms with Crippen LogP contribution < -0.4 is 15.2 Å². The van der Waals surface area contributed by atoms with Gasteiger partial charge >= 0.3 is 5.97 Å². The van der Waals surface area contributed by atoms with Gasteiger partial charge in [-0.05, 0) is 18.2 Å². The second kappa shape index (κ2) is 5.72. The largest absolute Gasteiger partial charge is 0.496 e. The van der Waals surface area contributed by atoms with Crippen LogP contribution in [0, 0.1) is 0 Å². The Morgan fingerprint density at radius 1 is 1.22 bits per heavy atom. The van der Waals surface area contributed by atoms with E-state index >= 15 is 0 Å². The van der Waals surface area contributed by atoms with Gasteiger partial charge in [0.1, 0.15) is 11.5 Å². The van der Waals surface area contributed by atoms with Gasteiger partial charge in [-0.2, -0.15) is 0 Å². The van der Waals surface area contributed by atoms with Crippen LogP contribution >= 0.6 is 0 Å². The Morgan fingerprint density at radius 3 is 2.06 bits per heavy atom. The number of carbonyl (C=O) groups is 2. The molecule has 0 aliphatic heterocycles. The maximum Gasteiger partial charge on any atom is 0.335 e. The lowest BCUT2D eigenvalue weighted by Crippen LogP contribution is -2.06. The number of ether oxygens (including phenoxy) is 2. The van der Waals surface area contributed by atoms with Crippen LogP contribution in [0.2, 0.25) is 0 Å². The van der Waals surface area contributed by atoms with Crippen LogP contribution in [0.4, 0.5) is 0 Å². The number of primary amides is 1. The minimum Gasteiger partial charge on any atom is -0.496 e. The molecular formula is C12H13NO5. The number of carboxylic acids is 1. The first-order valence-electron chi connectivity index (χ1n) is 4.96. The Labute approximate surface area is 104 Å². The number of nitrogens with two attached hydrogens (primary N) is 1. The van der Waals surface area contributed by atoms with Gasteiger partial charge in [0.05, 0.1) is 25.3 Å². The van der Waals surface area contributed by atoms with E-state index in [0.717, 1.165) is 6.08 Å². The van der Waals surface area contributed by atoms with Crippen molar-refractivity contribution in [2.75, 3.05) is 14.2 Å². The first-order chi connectivity index (χ1) is 8.49. The van der Waals surface area contributed by atoms with Crippen LogP contribution in [0.15, 0.2) is 18.2 Å². The number of aromatic carboxylic acids is 1. The van der Waals surface area contributed by atoms with E-state index in [0.29, 0.717) is 5.56 Å². The van der Waals surface area contributed by atoms with Gasteiger partial charge in [0.25, 0.3) is 0 Å². The number of hydrogen-bond acceptors (Lipinski definition) is 4. The summed E-state index contributed by atoms with van der Waals surface area (Å²) in [6.45, 7) is 0. The maximum absolute atomic E-state index is 10.9. The van der Waals surface area contributed by atoms with E-state index in [9.17, 15) is 9.59 Å². The van der Waals surface area contributed by atoms with Gasteiger partial charge in [0, 0.05) is 6.08 Å². The zero-order valence-corrected chi connectivity index (χ0v) is 9.97. The first-order valence-corrected chi connectivity index (χ1v) is 4.96. The molecule has 1 amide bonds. The molecule has 0 saturated carbocycles. The summed E-state index contributed by atoms with van der Waals surface area (Å²) in [5.74, 6) is -1.16. The zero-order valence-electron chi connectivity index (χ0n) is 9.97. The molecule has 0 aliphatic rings. The molecule has 0 atom stereocenters. The van der Waals surface area contributed by atoms with E-state index in [-0.39, 0.29) is 17.1 Å². The number of amides is 1. The normalized spacial score (nSPS) is 10.3. The Bertz CT molecular complexity index is 482. The molecule has 6 nitrogen and oxygen atoms in total. The van der Waals surface area contributed by atoms with E-state index in [4.69, 9.17) is 20.3 Å². The SMILES string of the molecule is COc1cc(C(=O)O)cc(OC)c1C=CC(N)=O. The van der Waals surface area contributed by atoms with E-state index in [1.165, 1.54) is 32.4 Å². The number of benzene rings is 1. The molecule has 18 heavy (non-hydrogen) atoms. The lowest BCUT2D eigenvalue weighted by molar-refractivity contribution is -0.113. The van der Waals surface area contributed by atoms with Gasteiger partial charge in [-0.3, -0.25) is 4.79 Å². The quantitative estimate of drug-likeness (QED) is 0.757. The highest BCUT2D eigenvalue weighted by Crippen LogP contribution is 2.31. The van der Waals surface area contributed by atoms with Crippen molar-refractivity contribution in [2.24, 2.45) is 5.73 Å². The summed E-state index contributed by atoms with van der Waals surface area (Å²) in [5.41, 5.74) is 5.48. The van der Waals surface area contributed by atoms with Crippen molar-refractivity contribution >= 4 is 18.0 Å². The molecule has 0 saturated heterocycles. The Hall–Kier alpha value is -2.50. The molecule has 3 N–H and O–H groups in total. The molecular weight excluding hydrogens is 238 g/mol. The van der Waals surface area contributed by atoms with E-state index in [1.54, 1.807) is 0 Å². The highest BCUT2D eigenvalue weighted by atomic mass is 16.5. The van der Waals surface area contributed by atoms with Crippen LogP contribution in [-0.4, -0.2) is 31.2 Å². The predicted molar refractivity (Wildman–Crippen MR) is 64.7 cm³/mol. The molecule has 0 bridgehead atoms. The molecule has 0 radical (unpaired) electrons. The van der Waals surface area contributed by atoms with E-state index in [2.05, 4.69) is 0 Å². The average Bonchev–Trinajstić information content (AvgIpc) is 2.34. The predicted octanol–water partition coefficient (Wildman–Crippen LogP) is 0.900. The molecule has 6 heteroatoms. The number of methoxy groups -OCH3 is 2. The van der Waals surface area contributed by atoms with Gasteiger partial charge in [0.15, 0.2) is 0 Å². The number of carboxylic acid groups (broad SMARTS) is 1. The topological polar surface area (TPSA) is 98.8 Å². The summed E-state index contributed by atoms with van der Waals surface area (Å²) in [5, 5.41) is 8.93. The van der Waals surface area contributed by atoms with Crippen LogP contribution in [0.1, 0.15) is 15.9 Å². The molecule has 0 aliphatic carbocycles. The zero-order chi connectivity index (χ0) is 13.7. The van der Waals surface area contributed by atoms with Gasteiger partial charge in [-0.1, -0.05) is 0 Å². The average molecular weight is 251 g/mol. The van der Waals surface area contributed by atoms with Crippen LogP contribution in [0.5, 0.6) is 11.5 Å². The maximum atomic E-state index is 10.9. The van der Waals surface area contributed by atoms with E-state index in [1.807, 2.05) is 0 Å². The summed E-state index contributed by atoms with van der Waals surface area (Å²) in [6.07, 6.45) is 2.55. The number of hydrogen-bond donors (Lipinski definition) is 2. The van der Waals surface area contributed by atoms with Gasteiger partial charge < -0.3 is 20.3 Å². The fourth-order valence-corrected chi connectivity index (χ4v) is 1.39. The van der Waals surface area contributed by atoms with E-state index < -0.39 is 11.9 Å². The van der Waals surface area contributed by atoms with Gasteiger partial charge in [-0.15, -0.1) is 0 Å². The van der Waals surface area contributed by atoms with Crippen molar-refractivity contribution in [3.05, 3.63) is 29.3 Å². The second-order valence-electron chi connectivity index (χ2n) is 3.34. The minimum absolute atomic E-state index is 0.0277. The highest BCUT2D eigenvalue weighted by molar-refractivity contribution is 5.93. The molecule has 1 aromatic rings. The lowest BCUT2D eigenvalue weighted by Gasteiger charge is -2.11. The number of carbonyl (C=O) groups excluding carboxylic acids is 1. The summed E-state index contributed by atoms with van der Waals surface area (Å²) in [6, 6.07) is 2.68. The molecule has 0 unspecified atom stereocenters. The smallest absolute Gasteiger partial charge is 0.335 e. The standard InChI is InChI=1S/C12H13NO5/c1-17-9-5-7(12(15)16)6-10(18-2)8(9)3-4-11(13)14/h3-6H,1-2H3,(H2,13,14)(H,15,16). The van der Waals surface area contributed by atoms with Crippen LogP contribution in [-0.2, 0) is 4.79 Å². The minimum atomic E-state index is -1.10. The fourth-order valence-electron chi connectivity index (χ4n) is 1.39. The van der Waals surface area contributed by atoms with Crippen LogP contribution in [0.25, 0.3) is 6.08 Å². The van der Waals surface area contributed by atoms with Gasteiger partial charge in [0.2, 0.25) is 5.91 Å².